The molecule has 0 saturated heterocycles. The van der Waals surface area contributed by atoms with E-state index in [0.29, 0.717) is 5.58 Å². The number of ether oxygens (including phenoxy) is 1. The number of nitrogens with zero attached hydrogens (tertiary/aromatic N) is 1. The predicted octanol–water partition coefficient (Wildman–Crippen LogP) is 3.14. The maximum Gasteiger partial charge on any atom is 0.374 e. The van der Waals surface area contributed by atoms with Crippen molar-refractivity contribution in [3.63, 3.8) is 0 Å². The lowest BCUT2D eigenvalue weighted by atomic mass is 10.2. The van der Waals surface area contributed by atoms with Crippen LogP contribution in [0.2, 0.25) is 0 Å². The molecule has 3 rings (SSSR count). The van der Waals surface area contributed by atoms with E-state index in [2.05, 4.69) is 5.32 Å². The Bertz CT molecular complexity index is 929. The fourth-order valence-electron chi connectivity index (χ4n) is 2.18. The molecule has 0 unspecified atom stereocenters. The van der Waals surface area contributed by atoms with E-state index in [1.54, 1.807) is 24.3 Å². The lowest BCUT2D eigenvalue weighted by Crippen LogP contribution is -2.20. The molecule has 3 aromatic rings. The number of carbonyl (C=O) groups excluding carboxylic acids is 2. The number of rotatable bonds is 5. The highest BCUT2D eigenvalue weighted by Crippen LogP contribution is 2.19. The van der Waals surface area contributed by atoms with Crippen LogP contribution >= 0.6 is 0 Å². The molecule has 0 saturated carbocycles. The van der Waals surface area contributed by atoms with Crippen LogP contribution in [-0.4, -0.2) is 23.4 Å². The lowest BCUT2D eigenvalue weighted by Gasteiger charge is -2.05. The molecule has 0 atom stereocenters. The zero-order chi connectivity index (χ0) is 17.8. The minimum Gasteiger partial charge on any atom is -0.450 e. The molecule has 2 aromatic carbocycles. The number of furan rings is 1. The van der Waals surface area contributed by atoms with Crippen LogP contribution in [0.15, 0.2) is 59.0 Å². The Morgan fingerprint density at radius 3 is 2.68 bits per heavy atom. The third-order valence-electron chi connectivity index (χ3n) is 3.30. The first-order chi connectivity index (χ1) is 12.0. The SMILES string of the molecule is O=C(COC(=O)c1cc2ccccc2o1)Nc1cccc([N+](=O)[O-])c1. The van der Waals surface area contributed by atoms with Crippen LogP contribution in [0.25, 0.3) is 11.0 Å². The van der Waals surface area contributed by atoms with Crippen molar-refractivity contribution >= 4 is 34.2 Å². The van der Waals surface area contributed by atoms with Gasteiger partial charge in [-0.15, -0.1) is 0 Å². The number of carbonyl (C=O) groups is 2. The number of para-hydroxylation sites is 1. The summed E-state index contributed by atoms with van der Waals surface area (Å²) in [6.07, 6.45) is 0. The minimum atomic E-state index is -0.773. The highest BCUT2D eigenvalue weighted by atomic mass is 16.6. The first-order valence-corrected chi connectivity index (χ1v) is 7.23. The molecule has 8 heteroatoms. The number of non-ortho nitro benzene ring substituents is 1. The Balaban J connectivity index is 1.59. The Morgan fingerprint density at radius 2 is 1.92 bits per heavy atom. The molecule has 0 radical (unpaired) electrons. The Morgan fingerprint density at radius 1 is 1.12 bits per heavy atom. The van der Waals surface area contributed by atoms with E-state index in [0.717, 1.165) is 5.39 Å². The number of amides is 1. The second kappa shape index (κ2) is 6.83. The van der Waals surface area contributed by atoms with Gasteiger partial charge in [0.05, 0.1) is 4.92 Å². The number of hydrogen-bond donors (Lipinski definition) is 1. The zero-order valence-electron chi connectivity index (χ0n) is 12.8. The maximum absolute atomic E-state index is 11.9. The summed E-state index contributed by atoms with van der Waals surface area (Å²) < 4.78 is 10.2. The molecule has 0 bridgehead atoms. The number of anilines is 1. The van der Waals surface area contributed by atoms with E-state index in [9.17, 15) is 19.7 Å². The van der Waals surface area contributed by atoms with Gasteiger partial charge in [-0.3, -0.25) is 14.9 Å². The van der Waals surface area contributed by atoms with E-state index >= 15 is 0 Å². The van der Waals surface area contributed by atoms with Crippen molar-refractivity contribution in [2.75, 3.05) is 11.9 Å². The van der Waals surface area contributed by atoms with Crippen molar-refractivity contribution in [2.45, 2.75) is 0 Å². The molecule has 0 spiro atoms. The van der Waals surface area contributed by atoms with Gasteiger partial charge in [-0.25, -0.2) is 4.79 Å². The van der Waals surface area contributed by atoms with Crippen LogP contribution in [0, 0.1) is 10.1 Å². The minimum absolute atomic E-state index is 0.00986. The van der Waals surface area contributed by atoms with Gasteiger partial charge in [-0.05, 0) is 18.2 Å². The number of nitro benzene ring substituents is 1. The summed E-state index contributed by atoms with van der Waals surface area (Å²) in [6.45, 7) is -0.543. The summed E-state index contributed by atoms with van der Waals surface area (Å²) in [7, 11) is 0. The molecule has 1 amide bonds. The summed E-state index contributed by atoms with van der Waals surface area (Å²) >= 11 is 0. The summed E-state index contributed by atoms with van der Waals surface area (Å²) in [5.74, 6) is -1.40. The van der Waals surface area contributed by atoms with Gasteiger partial charge in [0.1, 0.15) is 5.58 Å². The summed E-state index contributed by atoms with van der Waals surface area (Å²) in [5.41, 5.74) is 0.617. The first kappa shape index (κ1) is 16.2. The van der Waals surface area contributed by atoms with E-state index in [1.807, 2.05) is 0 Å². The topological polar surface area (TPSA) is 112 Å². The highest BCUT2D eigenvalue weighted by molar-refractivity contribution is 5.96. The van der Waals surface area contributed by atoms with Crippen molar-refractivity contribution < 1.29 is 23.7 Å². The zero-order valence-corrected chi connectivity index (χ0v) is 12.8. The van der Waals surface area contributed by atoms with Crippen LogP contribution in [0.1, 0.15) is 10.6 Å². The predicted molar refractivity (Wildman–Crippen MR) is 88.2 cm³/mol. The van der Waals surface area contributed by atoms with Gasteiger partial charge in [-0.1, -0.05) is 24.3 Å². The number of fused-ring (bicyclic) bond motifs is 1. The smallest absolute Gasteiger partial charge is 0.374 e. The Labute approximate surface area is 141 Å². The second-order valence-corrected chi connectivity index (χ2v) is 5.08. The molecule has 8 nitrogen and oxygen atoms in total. The normalized spacial score (nSPS) is 10.4. The van der Waals surface area contributed by atoms with Crippen molar-refractivity contribution in [2.24, 2.45) is 0 Å². The largest absolute Gasteiger partial charge is 0.450 e. The number of nitro groups is 1. The van der Waals surface area contributed by atoms with Gasteiger partial charge >= 0.3 is 5.97 Å². The molecule has 1 heterocycles. The summed E-state index contributed by atoms with van der Waals surface area (Å²) in [5, 5.41) is 13.9. The number of benzene rings is 2. The van der Waals surface area contributed by atoms with Gasteiger partial charge in [0.15, 0.2) is 6.61 Å². The molecular formula is C17H12N2O6. The van der Waals surface area contributed by atoms with Crippen LogP contribution in [-0.2, 0) is 9.53 Å². The Kier molecular flexibility index (Phi) is 4.42. The molecule has 25 heavy (non-hydrogen) atoms. The molecule has 0 aliphatic heterocycles. The van der Waals surface area contributed by atoms with Gasteiger partial charge < -0.3 is 14.5 Å². The molecule has 0 aliphatic carbocycles. The Hall–Kier alpha value is -3.68. The fraction of sp³-hybridized carbons (Fsp3) is 0.0588. The molecule has 1 aromatic heterocycles. The number of esters is 1. The van der Waals surface area contributed by atoms with Crippen LogP contribution in [0.3, 0.4) is 0 Å². The molecular weight excluding hydrogens is 328 g/mol. The maximum atomic E-state index is 11.9. The monoisotopic (exact) mass is 340 g/mol. The lowest BCUT2D eigenvalue weighted by molar-refractivity contribution is -0.384. The van der Waals surface area contributed by atoms with Gasteiger partial charge in [0.2, 0.25) is 5.76 Å². The molecule has 0 fully saturated rings. The second-order valence-electron chi connectivity index (χ2n) is 5.08. The van der Waals surface area contributed by atoms with E-state index in [4.69, 9.17) is 9.15 Å². The molecule has 0 aliphatic rings. The number of nitrogens with one attached hydrogen (secondary N) is 1. The highest BCUT2D eigenvalue weighted by Gasteiger charge is 2.16. The summed E-state index contributed by atoms with van der Waals surface area (Å²) in [6, 6.07) is 14.0. The fourth-order valence-corrected chi connectivity index (χ4v) is 2.18. The van der Waals surface area contributed by atoms with E-state index in [1.165, 1.54) is 30.3 Å². The number of hydrogen-bond acceptors (Lipinski definition) is 6. The third-order valence-corrected chi connectivity index (χ3v) is 3.30. The van der Waals surface area contributed by atoms with Crippen molar-refractivity contribution in [3.8, 4) is 0 Å². The van der Waals surface area contributed by atoms with Gasteiger partial charge in [0, 0.05) is 23.2 Å². The molecule has 1 N–H and O–H groups in total. The van der Waals surface area contributed by atoms with Crippen LogP contribution in [0.5, 0.6) is 0 Å². The van der Waals surface area contributed by atoms with Crippen molar-refractivity contribution in [3.05, 3.63) is 70.5 Å². The van der Waals surface area contributed by atoms with E-state index in [-0.39, 0.29) is 17.1 Å². The van der Waals surface area contributed by atoms with E-state index < -0.39 is 23.4 Å². The average molecular weight is 340 g/mol. The summed E-state index contributed by atoms with van der Waals surface area (Å²) in [4.78, 5) is 33.9. The average Bonchev–Trinajstić information content (AvgIpc) is 3.04. The van der Waals surface area contributed by atoms with Gasteiger partial charge in [-0.2, -0.15) is 0 Å². The van der Waals surface area contributed by atoms with Crippen molar-refractivity contribution in [1.82, 2.24) is 0 Å². The quantitative estimate of drug-likeness (QED) is 0.434. The first-order valence-electron chi connectivity index (χ1n) is 7.23. The van der Waals surface area contributed by atoms with Gasteiger partial charge in [0.25, 0.3) is 11.6 Å². The standard InChI is InChI=1S/C17H12N2O6/c20-16(18-12-5-3-6-13(9-12)19(22)23)10-24-17(21)15-8-11-4-1-2-7-14(11)25-15/h1-9H,10H2,(H,18,20). The van der Waals surface area contributed by atoms with Crippen LogP contribution in [0.4, 0.5) is 11.4 Å². The molecule has 126 valence electrons. The van der Waals surface area contributed by atoms with Crippen molar-refractivity contribution in [1.29, 1.82) is 0 Å². The van der Waals surface area contributed by atoms with Crippen LogP contribution < -0.4 is 5.32 Å². The third kappa shape index (κ3) is 3.81.